The second-order valence-corrected chi connectivity index (χ2v) is 5.87. The highest BCUT2D eigenvalue weighted by atomic mass is 79.9. The Hall–Kier alpha value is -1.96. The van der Waals surface area contributed by atoms with Gasteiger partial charge in [-0.3, -0.25) is 19.7 Å². The van der Waals surface area contributed by atoms with E-state index in [1.54, 1.807) is 6.92 Å². The summed E-state index contributed by atoms with van der Waals surface area (Å²) in [5, 5.41) is 19.8. The number of rotatable bonds is 4. The number of aliphatic carboxylic acids is 1. The maximum absolute atomic E-state index is 12.2. The van der Waals surface area contributed by atoms with E-state index in [9.17, 15) is 19.7 Å². The van der Waals surface area contributed by atoms with Gasteiger partial charge in [0.05, 0.1) is 15.3 Å². The summed E-state index contributed by atoms with van der Waals surface area (Å²) in [6.07, 6.45) is 0. The first kappa shape index (κ1) is 15.4. The predicted octanol–water partition coefficient (Wildman–Crippen LogP) is 2.15. The number of nitro groups is 1. The number of halogens is 1. The molecule has 7 nitrogen and oxygen atoms in total. The monoisotopic (exact) mass is 356 g/mol. The molecule has 1 fully saturated rings. The first-order valence-electron chi connectivity index (χ1n) is 6.27. The van der Waals surface area contributed by atoms with Crippen LogP contribution < -0.4 is 0 Å². The fraction of sp³-hybridized carbons (Fsp3) is 0.385. The average Bonchev–Trinajstić information content (AvgIpc) is 2.36. The van der Waals surface area contributed by atoms with Gasteiger partial charge in [0.2, 0.25) is 0 Å². The lowest BCUT2D eigenvalue weighted by Crippen LogP contribution is -2.53. The van der Waals surface area contributed by atoms with Crippen LogP contribution in [-0.2, 0) is 4.79 Å². The normalized spacial score (nSPS) is 16.2. The van der Waals surface area contributed by atoms with Crippen LogP contribution in [0.3, 0.4) is 0 Å². The molecule has 1 heterocycles. The van der Waals surface area contributed by atoms with E-state index in [4.69, 9.17) is 5.11 Å². The van der Waals surface area contributed by atoms with Crippen molar-refractivity contribution >= 4 is 33.5 Å². The van der Waals surface area contributed by atoms with Gasteiger partial charge in [0.1, 0.15) is 0 Å². The highest BCUT2D eigenvalue weighted by Gasteiger charge is 2.37. The molecular formula is C13H13BrN2O5. The smallest absolute Gasteiger partial charge is 0.306 e. The first-order valence-corrected chi connectivity index (χ1v) is 7.06. The maximum atomic E-state index is 12.2. The average molecular weight is 357 g/mol. The van der Waals surface area contributed by atoms with E-state index in [0.29, 0.717) is 17.6 Å². The molecule has 21 heavy (non-hydrogen) atoms. The third-order valence-corrected chi connectivity index (χ3v) is 4.35. The maximum Gasteiger partial charge on any atom is 0.306 e. The lowest BCUT2D eigenvalue weighted by Gasteiger charge is -2.41. The van der Waals surface area contributed by atoms with Crippen molar-refractivity contribution in [1.82, 2.24) is 4.90 Å². The molecule has 112 valence electrons. The fourth-order valence-electron chi connectivity index (χ4n) is 2.16. The van der Waals surface area contributed by atoms with Crippen LogP contribution in [0.2, 0.25) is 0 Å². The number of hydrogen-bond donors (Lipinski definition) is 1. The summed E-state index contributed by atoms with van der Waals surface area (Å²) in [4.78, 5) is 34.8. The van der Waals surface area contributed by atoms with Crippen LogP contribution >= 0.6 is 15.9 Å². The number of carbonyl (C=O) groups excluding carboxylic acids is 1. The summed E-state index contributed by atoms with van der Waals surface area (Å²) in [5.41, 5.74) is 0.0585. The molecule has 1 aliphatic rings. The Bertz CT molecular complexity index is 613. The molecule has 0 spiro atoms. The molecule has 1 aromatic rings. The summed E-state index contributed by atoms with van der Waals surface area (Å²) in [6, 6.07) is 4.19. The summed E-state index contributed by atoms with van der Waals surface area (Å²) in [5.74, 6) is -1.78. The summed E-state index contributed by atoms with van der Waals surface area (Å²) in [7, 11) is 0. The second kappa shape index (κ2) is 5.80. The Labute approximate surface area is 128 Å². The Balaban J connectivity index is 2.08. The molecule has 1 N–H and O–H groups in total. The van der Waals surface area contributed by atoms with Crippen molar-refractivity contribution in [2.75, 3.05) is 13.1 Å². The van der Waals surface area contributed by atoms with Gasteiger partial charge in [-0.1, -0.05) is 6.92 Å². The van der Waals surface area contributed by atoms with E-state index in [0.717, 1.165) is 0 Å². The largest absolute Gasteiger partial charge is 0.481 e. The number of carboxylic acids is 1. The second-order valence-electron chi connectivity index (χ2n) is 5.02. The lowest BCUT2D eigenvalue weighted by molar-refractivity contribution is -0.385. The topological polar surface area (TPSA) is 101 Å². The Morgan fingerprint density at radius 3 is 2.62 bits per heavy atom. The van der Waals surface area contributed by atoms with Gasteiger partial charge >= 0.3 is 5.97 Å². The molecule has 1 atom stereocenters. The zero-order valence-corrected chi connectivity index (χ0v) is 12.7. The van der Waals surface area contributed by atoms with Gasteiger partial charge in [0.15, 0.2) is 0 Å². The predicted molar refractivity (Wildman–Crippen MR) is 77.0 cm³/mol. The van der Waals surface area contributed by atoms with Gasteiger partial charge in [0, 0.05) is 30.6 Å². The molecular weight excluding hydrogens is 344 g/mol. The van der Waals surface area contributed by atoms with Crippen LogP contribution in [-0.4, -0.2) is 39.9 Å². The van der Waals surface area contributed by atoms with Crippen LogP contribution in [0.15, 0.2) is 22.7 Å². The number of hydrogen-bond acceptors (Lipinski definition) is 4. The number of carboxylic acid groups (broad SMARTS) is 1. The highest BCUT2D eigenvalue weighted by molar-refractivity contribution is 9.10. The molecule has 0 radical (unpaired) electrons. The molecule has 0 aromatic heterocycles. The van der Waals surface area contributed by atoms with Crippen LogP contribution in [0.25, 0.3) is 0 Å². The molecule has 1 amide bonds. The van der Waals surface area contributed by atoms with Crippen molar-refractivity contribution < 1.29 is 19.6 Å². The highest BCUT2D eigenvalue weighted by Crippen LogP contribution is 2.29. The van der Waals surface area contributed by atoms with Crippen LogP contribution in [0.4, 0.5) is 5.69 Å². The minimum Gasteiger partial charge on any atom is -0.481 e. The fourth-order valence-corrected chi connectivity index (χ4v) is 2.56. The standard InChI is InChI=1S/C13H13BrN2O5/c1-7(13(18)19)9-5-15(6-9)12(17)8-2-3-10(14)11(4-8)16(20)21/h2-4,7,9H,5-6H2,1H3,(H,18,19). The van der Waals surface area contributed by atoms with Gasteiger partial charge in [-0.05, 0) is 28.1 Å². The van der Waals surface area contributed by atoms with Gasteiger partial charge < -0.3 is 10.0 Å². The Morgan fingerprint density at radius 2 is 2.10 bits per heavy atom. The van der Waals surface area contributed by atoms with Gasteiger partial charge in [-0.25, -0.2) is 0 Å². The van der Waals surface area contributed by atoms with Crippen molar-refractivity contribution in [3.05, 3.63) is 38.3 Å². The number of likely N-dealkylation sites (tertiary alicyclic amines) is 1. The molecule has 8 heteroatoms. The zero-order chi connectivity index (χ0) is 15.7. The first-order chi connectivity index (χ1) is 9.81. The Kier molecular flexibility index (Phi) is 4.26. The van der Waals surface area contributed by atoms with E-state index in [-0.39, 0.29) is 23.1 Å². The quantitative estimate of drug-likeness (QED) is 0.657. The van der Waals surface area contributed by atoms with E-state index >= 15 is 0 Å². The SMILES string of the molecule is CC(C(=O)O)C1CN(C(=O)c2ccc(Br)c([N+](=O)[O-])c2)C1. The van der Waals surface area contributed by atoms with Crippen molar-refractivity contribution in [2.45, 2.75) is 6.92 Å². The van der Waals surface area contributed by atoms with E-state index in [1.165, 1.54) is 23.1 Å². The zero-order valence-electron chi connectivity index (χ0n) is 11.2. The molecule has 0 aliphatic carbocycles. The molecule has 1 saturated heterocycles. The molecule has 1 unspecified atom stereocenters. The van der Waals surface area contributed by atoms with Crippen molar-refractivity contribution in [3.63, 3.8) is 0 Å². The summed E-state index contributed by atoms with van der Waals surface area (Å²) >= 11 is 3.06. The minimum atomic E-state index is -0.883. The Morgan fingerprint density at radius 1 is 1.48 bits per heavy atom. The third kappa shape index (κ3) is 3.05. The van der Waals surface area contributed by atoms with Crippen molar-refractivity contribution in [3.8, 4) is 0 Å². The number of benzene rings is 1. The van der Waals surface area contributed by atoms with Crippen LogP contribution in [0.5, 0.6) is 0 Å². The molecule has 1 aromatic carbocycles. The van der Waals surface area contributed by atoms with Gasteiger partial charge in [0.25, 0.3) is 11.6 Å². The number of amides is 1. The van der Waals surface area contributed by atoms with Crippen LogP contribution in [0, 0.1) is 22.0 Å². The van der Waals surface area contributed by atoms with E-state index < -0.39 is 16.8 Å². The lowest BCUT2D eigenvalue weighted by atomic mass is 9.86. The third-order valence-electron chi connectivity index (χ3n) is 3.68. The van der Waals surface area contributed by atoms with Crippen molar-refractivity contribution in [1.29, 1.82) is 0 Å². The van der Waals surface area contributed by atoms with Crippen molar-refractivity contribution in [2.24, 2.45) is 11.8 Å². The minimum absolute atomic E-state index is 0.0723. The summed E-state index contributed by atoms with van der Waals surface area (Å²) in [6.45, 7) is 2.33. The summed E-state index contributed by atoms with van der Waals surface area (Å²) < 4.78 is 0.310. The van der Waals surface area contributed by atoms with Gasteiger partial charge in [-0.2, -0.15) is 0 Å². The number of nitrogens with zero attached hydrogens (tertiary/aromatic N) is 2. The van der Waals surface area contributed by atoms with Gasteiger partial charge in [-0.15, -0.1) is 0 Å². The van der Waals surface area contributed by atoms with Crippen LogP contribution in [0.1, 0.15) is 17.3 Å². The number of carbonyl (C=O) groups is 2. The molecule has 1 aliphatic heterocycles. The van der Waals surface area contributed by atoms with E-state index in [1.807, 2.05) is 0 Å². The molecule has 2 rings (SSSR count). The molecule has 0 bridgehead atoms. The number of nitro benzene ring substituents is 1. The molecule has 0 saturated carbocycles. The van der Waals surface area contributed by atoms with E-state index in [2.05, 4.69) is 15.9 Å².